The molecule has 0 amide bonds. The largest absolute Gasteiger partial charge is 0.465 e. The van der Waals surface area contributed by atoms with Crippen molar-refractivity contribution in [1.29, 1.82) is 0 Å². The highest BCUT2D eigenvalue weighted by atomic mass is 16.5. The molecule has 1 aromatic heterocycles. The van der Waals surface area contributed by atoms with Crippen LogP contribution >= 0.6 is 0 Å². The van der Waals surface area contributed by atoms with E-state index in [1.54, 1.807) is 6.92 Å². The molecule has 1 aromatic rings. The van der Waals surface area contributed by atoms with Crippen LogP contribution in [0.25, 0.3) is 0 Å². The van der Waals surface area contributed by atoms with Crippen molar-refractivity contribution >= 4 is 5.97 Å². The molecule has 1 saturated carbocycles. The van der Waals surface area contributed by atoms with Crippen molar-refractivity contribution < 1.29 is 18.8 Å². The quantitative estimate of drug-likeness (QED) is 0.772. The fourth-order valence-corrected chi connectivity index (χ4v) is 2.49. The Hall–Kier alpha value is -1.43. The molecular weight excluding hydrogens is 248 g/mol. The van der Waals surface area contributed by atoms with Gasteiger partial charge in [0.2, 0.25) is 11.7 Å². The topological polar surface area (TPSA) is 74.5 Å². The van der Waals surface area contributed by atoms with Gasteiger partial charge in [-0.15, -0.1) is 0 Å². The van der Waals surface area contributed by atoms with Crippen molar-refractivity contribution in [3.8, 4) is 0 Å². The fraction of sp³-hybridized carbons (Fsp3) is 0.769. The highest BCUT2D eigenvalue weighted by Crippen LogP contribution is 2.49. The number of carbonyl (C=O) groups is 1. The third kappa shape index (κ3) is 1.94. The molecule has 2 aliphatic rings. The van der Waals surface area contributed by atoms with E-state index in [1.165, 1.54) is 0 Å². The highest BCUT2D eigenvalue weighted by molar-refractivity contribution is 5.85. The second kappa shape index (κ2) is 4.30. The zero-order chi connectivity index (χ0) is 13.5. The van der Waals surface area contributed by atoms with Gasteiger partial charge in [0.05, 0.1) is 6.61 Å². The van der Waals surface area contributed by atoms with E-state index in [4.69, 9.17) is 14.0 Å². The van der Waals surface area contributed by atoms with Crippen molar-refractivity contribution in [2.45, 2.75) is 50.5 Å². The van der Waals surface area contributed by atoms with Crippen molar-refractivity contribution in [3.63, 3.8) is 0 Å². The van der Waals surface area contributed by atoms with Gasteiger partial charge in [-0.25, -0.2) is 0 Å². The average Bonchev–Trinajstić information content (AvgIpc) is 2.85. The lowest BCUT2D eigenvalue weighted by Gasteiger charge is -2.17. The van der Waals surface area contributed by atoms with E-state index in [-0.39, 0.29) is 5.97 Å². The Kier molecular flexibility index (Phi) is 2.85. The van der Waals surface area contributed by atoms with Gasteiger partial charge in [-0.05, 0) is 39.5 Å². The number of hydrogen-bond acceptors (Lipinski definition) is 6. The van der Waals surface area contributed by atoms with Crippen molar-refractivity contribution in [2.75, 3.05) is 13.2 Å². The molecule has 19 heavy (non-hydrogen) atoms. The molecule has 1 saturated heterocycles. The van der Waals surface area contributed by atoms with Crippen molar-refractivity contribution in [1.82, 2.24) is 10.1 Å². The van der Waals surface area contributed by atoms with E-state index in [0.717, 1.165) is 12.8 Å². The van der Waals surface area contributed by atoms with Gasteiger partial charge >= 0.3 is 5.97 Å². The lowest BCUT2D eigenvalue weighted by Crippen LogP contribution is -2.25. The number of esters is 1. The summed E-state index contributed by atoms with van der Waals surface area (Å²) in [6, 6.07) is 0. The van der Waals surface area contributed by atoms with Gasteiger partial charge in [-0.3, -0.25) is 4.79 Å². The molecule has 6 heteroatoms. The Bertz CT molecular complexity index is 487. The minimum atomic E-state index is -0.698. The monoisotopic (exact) mass is 266 g/mol. The third-order valence-electron chi connectivity index (χ3n) is 3.94. The third-order valence-corrected chi connectivity index (χ3v) is 3.94. The summed E-state index contributed by atoms with van der Waals surface area (Å²) in [6.45, 7) is 4.82. The first-order valence-corrected chi connectivity index (χ1v) is 6.77. The van der Waals surface area contributed by atoms with Crippen LogP contribution < -0.4 is 0 Å². The van der Waals surface area contributed by atoms with Crippen LogP contribution in [0.1, 0.15) is 51.2 Å². The first-order valence-electron chi connectivity index (χ1n) is 6.77. The summed E-state index contributed by atoms with van der Waals surface area (Å²) in [5, 5.41) is 4.00. The van der Waals surface area contributed by atoms with Crippen LogP contribution in [0.5, 0.6) is 0 Å². The average molecular weight is 266 g/mol. The van der Waals surface area contributed by atoms with Crippen LogP contribution in [0.2, 0.25) is 0 Å². The summed E-state index contributed by atoms with van der Waals surface area (Å²) in [5.41, 5.74) is -1.18. The molecule has 1 aliphatic heterocycles. The van der Waals surface area contributed by atoms with Crippen LogP contribution in [0.15, 0.2) is 4.52 Å². The summed E-state index contributed by atoms with van der Waals surface area (Å²) in [5.74, 6) is 0.649. The van der Waals surface area contributed by atoms with Crippen LogP contribution in [0.4, 0.5) is 0 Å². The van der Waals surface area contributed by atoms with Crippen molar-refractivity contribution in [3.05, 3.63) is 11.7 Å². The zero-order valence-corrected chi connectivity index (χ0v) is 11.3. The van der Waals surface area contributed by atoms with Gasteiger partial charge < -0.3 is 14.0 Å². The maximum absolute atomic E-state index is 12.0. The maximum Gasteiger partial charge on any atom is 0.321 e. The van der Waals surface area contributed by atoms with E-state index in [1.807, 2.05) is 6.92 Å². The molecule has 1 unspecified atom stereocenters. The second-order valence-corrected chi connectivity index (χ2v) is 5.41. The van der Waals surface area contributed by atoms with Crippen LogP contribution in [-0.4, -0.2) is 29.3 Å². The smallest absolute Gasteiger partial charge is 0.321 e. The van der Waals surface area contributed by atoms with Gasteiger partial charge in [0.1, 0.15) is 11.0 Å². The van der Waals surface area contributed by atoms with E-state index < -0.39 is 11.0 Å². The Morgan fingerprint density at radius 1 is 1.42 bits per heavy atom. The number of rotatable bonds is 4. The predicted octanol–water partition coefficient (Wildman–Crippen LogP) is 1.69. The summed E-state index contributed by atoms with van der Waals surface area (Å²) in [4.78, 5) is 16.4. The standard InChI is InChI=1S/C13H18N2O4/c1-3-17-11(16)13(6-7-13)10-14-9(15-19-10)12(2)5-4-8-18-12/h3-8H2,1-2H3. The minimum absolute atomic E-state index is 0.261. The van der Waals surface area contributed by atoms with Gasteiger partial charge in [0, 0.05) is 6.61 Å². The highest BCUT2D eigenvalue weighted by Gasteiger charge is 2.58. The molecule has 6 nitrogen and oxygen atoms in total. The Morgan fingerprint density at radius 2 is 2.21 bits per heavy atom. The van der Waals surface area contributed by atoms with Gasteiger partial charge in [-0.1, -0.05) is 5.16 Å². The molecular formula is C13H18N2O4. The first-order chi connectivity index (χ1) is 9.11. The maximum atomic E-state index is 12.0. The normalized spacial score (nSPS) is 28.3. The molecule has 2 heterocycles. The number of ether oxygens (including phenoxy) is 2. The lowest BCUT2D eigenvalue weighted by atomic mass is 10.0. The van der Waals surface area contributed by atoms with Crippen LogP contribution in [0.3, 0.4) is 0 Å². The van der Waals surface area contributed by atoms with Gasteiger partial charge in [-0.2, -0.15) is 4.98 Å². The molecule has 0 aromatic carbocycles. The number of nitrogens with zero attached hydrogens (tertiary/aromatic N) is 2. The van der Waals surface area contributed by atoms with Crippen molar-refractivity contribution in [2.24, 2.45) is 0 Å². The van der Waals surface area contributed by atoms with Gasteiger partial charge in [0.15, 0.2) is 0 Å². The second-order valence-electron chi connectivity index (χ2n) is 5.41. The molecule has 1 atom stereocenters. The van der Waals surface area contributed by atoms with Crippen LogP contribution in [-0.2, 0) is 25.3 Å². The molecule has 1 aliphatic carbocycles. The number of hydrogen-bond donors (Lipinski definition) is 0. The van der Waals surface area contributed by atoms with E-state index in [9.17, 15) is 4.79 Å². The number of carbonyl (C=O) groups excluding carboxylic acids is 1. The molecule has 0 N–H and O–H groups in total. The molecule has 0 bridgehead atoms. The Labute approximate surface area is 111 Å². The van der Waals surface area contributed by atoms with E-state index in [0.29, 0.717) is 37.8 Å². The minimum Gasteiger partial charge on any atom is -0.465 e. The first kappa shape index (κ1) is 12.6. The molecule has 2 fully saturated rings. The summed E-state index contributed by atoms with van der Waals surface area (Å²) >= 11 is 0. The SMILES string of the molecule is CCOC(=O)C1(c2nc(C3(C)CCCO3)no2)CC1. The fourth-order valence-electron chi connectivity index (χ4n) is 2.49. The predicted molar refractivity (Wildman–Crippen MR) is 64.4 cm³/mol. The molecule has 3 rings (SSSR count). The van der Waals surface area contributed by atoms with Crippen LogP contribution in [0, 0.1) is 0 Å². The molecule has 104 valence electrons. The molecule has 0 radical (unpaired) electrons. The Morgan fingerprint density at radius 3 is 2.79 bits per heavy atom. The Balaban J connectivity index is 1.84. The van der Waals surface area contributed by atoms with E-state index >= 15 is 0 Å². The van der Waals surface area contributed by atoms with Gasteiger partial charge in [0.25, 0.3) is 0 Å². The summed E-state index contributed by atoms with van der Waals surface area (Å²) < 4.78 is 16.1. The lowest BCUT2D eigenvalue weighted by molar-refractivity contribution is -0.146. The zero-order valence-electron chi connectivity index (χ0n) is 11.3. The summed E-state index contributed by atoms with van der Waals surface area (Å²) in [6.07, 6.45) is 3.29. The number of aromatic nitrogens is 2. The molecule has 0 spiro atoms. The summed E-state index contributed by atoms with van der Waals surface area (Å²) in [7, 11) is 0. The van der Waals surface area contributed by atoms with E-state index in [2.05, 4.69) is 10.1 Å².